The molecular formula is C28H32N4O15S. The van der Waals surface area contributed by atoms with Crippen molar-refractivity contribution in [2.24, 2.45) is 5.10 Å². The van der Waals surface area contributed by atoms with Crippen LogP contribution in [-0.4, -0.2) is 97.8 Å². The van der Waals surface area contributed by atoms with Crippen LogP contribution in [0.2, 0.25) is 0 Å². The molecule has 19 nitrogen and oxygen atoms in total. The van der Waals surface area contributed by atoms with E-state index in [2.05, 4.69) is 10.4 Å². The number of amides is 4. The molecule has 2 rings (SSSR count). The van der Waals surface area contributed by atoms with Crippen molar-refractivity contribution in [1.82, 2.24) is 15.0 Å². The molecule has 1 aromatic rings. The van der Waals surface area contributed by atoms with Gasteiger partial charge in [0.2, 0.25) is 0 Å². The molecule has 1 fully saturated rings. The number of hydrogen-bond donors (Lipinski definition) is 2. The quantitative estimate of drug-likeness (QED) is 0.0631. The Kier molecular flexibility index (Phi) is 13.5. The van der Waals surface area contributed by atoms with Crippen LogP contribution in [0, 0.1) is 0 Å². The van der Waals surface area contributed by atoms with E-state index in [1.165, 1.54) is 18.2 Å². The number of carbonyl (C=O) groups is 8. The van der Waals surface area contributed by atoms with Gasteiger partial charge in [0.1, 0.15) is 12.3 Å². The number of nitrogens with zero attached hydrogens (tertiary/aromatic N) is 2. The number of urea groups is 1. The first-order chi connectivity index (χ1) is 22.3. The highest BCUT2D eigenvalue weighted by atomic mass is 32.2. The first-order valence-corrected chi connectivity index (χ1v) is 15.1. The number of benzene rings is 1. The lowest BCUT2D eigenvalue weighted by atomic mass is 10.0. The summed E-state index contributed by atoms with van der Waals surface area (Å²) in [6, 6.07) is 3.93. The fraction of sp³-hybridized carbons (Fsp3) is 0.393. The molecule has 2 N–H and O–H groups in total. The smallest absolute Gasteiger partial charge is 0.326 e. The zero-order valence-corrected chi connectivity index (χ0v) is 27.2. The number of hydrazone groups is 1. The minimum atomic E-state index is -4.77. The first kappa shape index (κ1) is 38.5. The molecule has 0 spiro atoms. The maximum Gasteiger partial charge on any atom is 0.326 e. The summed E-state index contributed by atoms with van der Waals surface area (Å²) in [5, 5.41) is 7.96. The van der Waals surface area contributed by atoms with Gasteiger partial charge < -0.3 is 29.0 Å². The van der Waals surface area contributed by atoms with Gasteiger partial charge in [-0.15, -0.1) is 4.41 Å². The highest BCUT2D eigenvalue weighted by Gasteiger charge is 2.44. The van der Waals surface area contributed by atoms with Crippen LogP contribution in [0.25, 0.3) is 6.08 Å². The highest BCUT2D eigenvalue weighted by Crippen LogP contribution is 2.22. The number of imide groups is 1. The lowest BCUT2D eigenvalue weighted by molar-refractivity contribution is -0.197. The van der Waals surface area contributed by atoms with Gasteiger partial charge in [0.15, 0.2) is 24.4 Å². The standard InChI is InChI=1S/C28H32N4O15S/c1-14(33)32(48(41,42)21-9-7-20(8-10-21)11-22-27(39)31-28(40)30-22)29-12-23(44-16(3)35)25(46-18(5)37)26(47-19(6)38)24(45-17(4)36)13-43-15(2)34/h7-12,23-26H,13H2,1-6H3,(H2,30,31,39,40)/b22-11-,29-12-. The monoisotopic (exact) mass is 696 g/mol. The van der Waals surface area contributed by atoms with Crippen molar-refractivity contribution in [2.75, 3.05) is 6.61 Å². The molecule has 1 aliphatic heterocycles. The largest absolute Gasteiger partial charge is 0.462 e. The third-order valence-electron chi connectivity index (χ3n) is 5.71. The summed E-state index contributed by atoms with van der Waals surface area (Å²) < 4.78 is 52.7. The molecule has 1 aliphatic rings. The van der Waals surface area contributed by atoms with Gasteiger partial charge >= 0.3 is 35.9 Å². The Hall–Kier alpha value is -5.66. The highest BCUT2D eigenvalue weighted by molar-refractivity contribution is 7.89. The van der Waals surface area contributed by atoms with Gasteiger partial charge in [-0.25, -0.2) is 4.79 Å². The molecule has 1 heterocycles. The van der Waals surface area contributed by atoms with Crippen LogP contribution in [0.4, 0.5) is 4.79 Å². The number of sulfonamides is 1. The van der Waals surface area contributed by atoms with E-state index < -0.39 is 93.6 Å². The molecule has 0 radical (unpaired) electrons. The summed E-state index contributed by atoms with van der Waals surface area (Å²) in [7, 11) is -4.77. The van der Waals surface area contributed by atoms with Crippen LogP contribution in [0.3, 0.4) is 0 Å². The number of nitrogens with one attached hydrogen (secondary N) is 2. The second-order valence-electron chi connectivity index (χ2n) is 9.74. The average Bonchev–Trinajstić information content (AvgIpc) is 3.27. The van der Waals surface area contributed by atoms with E-state index >= 15 is 0 Å². The topological polar surface area (TPSA) is 257 Å². The zero-order chi connectivity index (χ0) is 36.3. The predicted octanol–water partition coefficient (Wildman–Crippen LogP) is -0.320. The van der Waals surface area contributed by atoms with E-state index in [1.807, 2.05) is 5.32 Å². The van der Waals surface area contributed by atoms with Gasteiger partial charge in [-0.05, 0) is 23.8 Å². The van der Waals surface area contributed by atoms with Gasteiger partial charge in [0, 0.05) is 41.5 Å². The van der Waals surface area contributed by atoms with Crippen molar-refractivity contribution in [1.29, 1.82) is 0 Å². The Morgan fingerprint density at radius 2 is 1.31 bits per heavy atom. The van der Waals surface area contributed by atoms with Crippen LogP contribution in [0.15, 0.2) is 40.0 Å². The van der Waals surface area contributed by atoms with Crippen molar-refractivity contribution in [2.45, 2.75) is 70.9 Å². The molecule has 4 amide bonds. The molecule has 1 saturated heterocycles. The van der Waals surface area contributed by atoms with Crippen molar-refractivity contribution < 1.29 is 70.5 Å². The minimum absolute atomic E-state index is 0.0235. The van der Waals surface area contributed by atoms with E-state index in [1.54, 1.807) is 0 Å². The fourth-order valence-corrected chi connectivity index (χ4v) is 5.16. The van der Waals surface area contributed by atoms with Crippen LogP contribution >= 0.6 is 0 Å². The molecule has 260 valence electrons. The van der Waals surface area contributed by atoms with Crippen molar-refractivity contribution >= 4 is 70.0 Å². The van der Waals surface area contributed by atoms with Gasteiger partial charge in [0.05, 0.1) is 11.1 Å². The van der Waals surface area contributed by atoms with E-state index in [9.17, 15) is 46.8 Å². The summed E-state index contributed by atoms with van der Waals surface area (Å²) in [5.41, 5.74) is 0.200. The van der Waals surface area contributed by atoms with Gasteiger partial charge in [-0.3, -0.25) is 38.9 Å². The van der Waals surface area contributed by atoms with Crippen LogP contribution in [0.5, 0.6) is 0 Å². The normalized spacial score (nSPS) is 16.1. The first-order valence-electron chi connectivity index (χ1n) is 13.7. The number of rotatable bonds is 14. The Morgan fingerprint density at radius 3 is 1.77 bits per heavy atom. The molecule has 4 unspecified atom stereocenters. The molecule has 48 heavy (non-hydrogen) atoms. The molecule has 0 aromatic heterocycles. The number of esters is 5. The predicted molar refractivity (Wildman–Crippen MR) is 158 cm³/mol. The second-order valence-corrected chi connectivity index (χ2v) is 11.5. The number of carbonyl (C=O) groups excluding carboxylic acids is 8. The molecule has 1 aromatic carbocycles. The zero-order valence-electron chi connectivity index (χ0n) is 26.4. The molecule has 20 heteroatoms. The number of hydrogen-bond acceptors (Lipinski definition) is 16. The lowest BCUT2D eigenvalue weighted by Gasteiger charge is -2.34. The molecule has 4 atom stereocenters. The SMILES string of the molecule is CC(=O)OCC(OC(C)=O)C(OC(C)=O)C(OC(C)=O)C(/C=N\N(C(C)=O)S(=O)(=O)c1ccc(/C=C2\NC(=O)NC2=O)cc1)OC(C)=O. The Labute approximate surface area is 273 Å². The summed E-state index contributed by atoms with van der Waals surface area (Å²) in [6.45, 7) is 4.90. The van der Waals surface area contributed by atoms with Gasteiger partial charge in [-0.1, -0.05) is 12.1 Å². The van der Waals surface area contributed by atoms with Crippen LogP contribution in [-0.2, 0) is 67.3 Å². The molecular weight excluding hydrogens is 664 g/mol. The summed E-state index contributed by atoms with van der Waals surface area (Å²) in [5.74, 6) is -6.74. The third-order valence-corrected chi connectivity index (χ3v) is 7.39. The second kappa shape index (κ2) is 16.8. The average molecular weight is 697 g/mol. The molecule has 0 saturated carbocycles. The van der Waals surface area contributed by atoms with Crippen LogP contribution in [0.1, 0.15) is 47.1 Å². The van der Waals surface area contributed by atoms with E-state index in [-0.39, 0.29) is 10.1 Å². The van der Waals surface area contributed by atoms with Crippen LogP contribution < -0.4 is 10.6 Å². The summed E-state index contributed by atoms with van der Waals surface area (Å²) in [4.78, 5) is 94.9. The maximum absolute atomic E-state index is 13.5. The third kappa shape index (κ3) is 11.3. The van der Waals surface area contributed by atoms with Crippen molar-refractivity contribution in [3.05, 3.63) is 35.5 Å². The number of ether oxygens (including phenoxy) is 5. The molecule has 0 aliphatic carbocycles. The van der Waals surface area contributed by atoms with E-state index in [0.29, 0.717) is 11.8 Å². The van der Waals surface area contributed by atoms with Crippen molar-refractivity contribution in [3.8, 4) is 0 Å². The summed E-state index contributed by atoms with van der Waals surface area (Å²) >= 11 is 0. The fourth-order valence-electron chi connectivity index (χ4n) is 3.97. The Morgan fingerprint density at radius 1 is 0.771 bits per heavy atom. The van der Waals surface area contributed by atoms with Gasteiger partial charge in [-0.2, -0.15) is 13.5 Å². The van der Waals surface area contributed by atoms with Gasteiger partial charge in [0.25, 0.3) is 21.8 Å². The molecule has 0 bridgehead atoms. The summed E-state index contributed by atoms with van der Waals surface area (Å²) in [6.07, 6.45) is -5.47. The van der Waals surface area contributed by atoms with Crippen molar-refractivity contribution in [3.63, 3.8) is 0 Å². The minimum Gasteiger partial charge on any atom is -0.462 e. The maximum atomic E-state index is 13.5. The lowest BCUT2D eigenvalue weighted by Crippen LogP contribution is -2.53. The Bertz CT molecular complexity index is 1640. The van der Waals surface area contributed by atoms with E-state index in [0.717, 1.165) is 53.7 Å². The van der Waals surface area contributed by atoms with E-state index in [4.69, 9.17) is 23.7 Å². The Balaban J connectivity index is 2.59.